The minimum absolute atomic E-state index is 0.0604. The van der Waals surface area contributed by atoms with E-state index in [9.17, 15) is 19.5 Å². The summed E-state index contributed by atoms with van der Waals surface area (Å²) >= 11 is 0. The summed E-state index contributed by atoms with van der Waals surface area (Å²) in [5.74, 6) is -0.187. The molecule has 3 amide bonds. The number of carbonyl (C=O) groups excluding carboxylic acids is 2. The Bertz CT molecular complexity index is 721. The molecule has 3 saturated carbocycles. The number of nitrogens with two attached hydrogens (primary N) is 1. The number of carboxylic acids is 1. The molecule has 3 fully saturated rings. The van der Waals surface area contributed by atoms with Crippen molar-refractivity contribution in [2.45, 2.75) is 110 Å². The van der Waals surface area contributed by atoms with E-state index in [1.54, 1.807) is 0 Å². The molecule has 0 aromatic carbocycles. The number of hydrogen-bond donors (Lipinski definition) is 5. The zero-order chi connectivity index (χ0) is 24.2. The van der Waals surface area contributed by atoms with Crippen LogP contribution < -0.4 is 21.7 Å². The number of carbonyl (C=O) groups is 3. The number of fused-ring (bicyclic) bond motifs is 2. The van der Waals surface area contributed by atoms with Crippen molar-refractivity contribution in [3.8, 4) is 0 Å². The topological polar surface area (TPSA) is 134 Å². The normalized spacial score (nSPS) is 30.1. The summed E-state index contributed by atoms with van der Waals surface area (Å²) in [5.41, 5.74) is 5.74. The molecule has 33 heavy (non-hydrogen) atoms. The highest BCUT2D eigenvalue weighted by atomic mass is 16.4. The molecule has 3 aliphatic rings. The average Bonchev–Trinajstić information content (AvgIpc) is 3.38. The van der Waals surface area contributed by atoms with Crippen molar-refractivity contribution in [1.82, 2.24) is 16.0 Å². The Balaban J connectivity index is 1.63. The second-order valence-electron chi connectivity index (χ2n) is 11.4. The Hall–Kier alpha value is -1.83. The van der Waals surface area contributed by atoms with Gasteiger partial charge in [0, 0.05) is 6.04 Å². The number of aliphatic carboxylic acids is 1. The number of urea groups is 1. The third-order valence-electron chi connectivity index (χ3n) is 9.33. The number of hydrogen-bond acceptors (Lipinski definition) is 4. The van der Waals surface area contributed by atoms with Crippen molar-refractivity contribution in [1.29, 1.82) is 0 Å². The quantitative estimate of drug-likeness (QED) is 0.300. The highest BCUT2D eigenvalue weighted by Crippen LogP contribution is 2.65. The molecule has 6 N–H and O–H groups in total. The molecule has 0 saturated heterocycles. The highest BCUT2D eigenvalue weighted by Gasteiger charge is 2.61. The van der Waals surface area contributed by atoms with Gasteiger partial charge in [0.1, 0.15) is 12.1 Å². The number of carboxylic acid groups (broad SMARTS) is 1. The maximum Gasteiger partial charge on any atom is 0.326 e. The Labute approximate surface area is 198 Å². The van der Waals surface area contributed by atoms with E-state index < -0.39 is 24.1 Å². The van der Waals surface area contributed by atoms with Crippen LogP contribution in [-0.4, -0.2) is 47.7 Å². The smallest absolute Gasteiger partial charge is 0.326 e. The third-order valence-corrected chi connectivity index (χ3v) is 9.33. The van der Waals surface area contributed by atoms with E-state index in [1.165, 1.54) is 6.42 Å². The van der Waals surface area contributed by atoms with E-state index in [0.29, 0.717) is 44.1 Å². The first kappa shape index (κ1) is 25.8. The lowest BCUT2D eigenvalue weighted by atomic mass is 9.69. The Morgan fingerprint density at radius 1 is 1.03 bits per heavy atom. The Kier molecular flexibility index (Phi) is 8.30. The van der Waals surface area contributed by atoms with Crippen molar-refractivity contribution in [2.24, 2.45) is 28.4 Å². The van der Waals surface area contributed by atoms with Gasteiger partial charge in [-0.2, -0.15) is 0 Å². The first-order valence-electron chi connectivity index (χ1n) is 12.9. The molecular weight excluding hydrogens is 420 g/mol. The zero-order valence-electron chi connectivity index (χ0n) is 20.6. The molecule has 0 heterocycles. The lowest BCUT2D eigenvalue weighted by Crippen LogP contribution is -2.56. The number of amides is 3. The Morgan fingerprint density at radius 3 is 2.24 bits per heavy atom. The number of nitrogens with one attached hydrogen (secondary N) is 3. The van der Waals surface area contributed by atoms with E-state index in [4.69, 9.17) is 5.73 Å². The monoisotopic (exact) mass is 464 g/mol. The van der Waals surface area contributed by atoms with Crippen molar-refractivity contribution >= 4 is 17.9 Å². The van der Waals surface area contributed by atoms with Gasteiger partial charge >= 0.3 is 12.0 Å². The first-order chi connectivity index (χ1) is 15.6. The highest BCUT2D eigenvalue weighted by molar-refractivity contribution is 5.89. The summed E-state index contributed by atoms with van der Waals surface area (Å²) < 4.78 is 0. The summed E-state index contributed by atoms with van der Waals surface area (Å²) in [6.07, 6.45) is 10.0. The van der Waals surface area contributed by atoms with Crippen LogP contribution in [0.3, 0.4) is 0 Å². The van der Waals surface area contributed by atoms with Crippen molar-refractivity contribution < 1.29 is 19.5 Å². The molecule has 2 bridgehead atoms. The molecule has 0 spiro atoms. The minimum Gasteiger partial charge on any atom is -0.480 e. The van der Waals surface area contributed by atoms with E-state index in [2.05, 4.69) is 36.7 Å². The Morgan fingerprint density at radius 2 is 1.70 bits per heavy atom. The predicted molar refractivity (Wildman–Crippen MR) is 128 cm³/mol. The van der Waals surface area contributed by atoms with Crippen LogP contribution in [0.15, 0.2) is 0 Å². The molecule has 0 aromatic rings. The molecule has 1 unspecified atom stereocenters. The minimum atomic E-state index is -1.07. The fourth-order valence-corrected chi connectivity index (χ4v) is 6.61. The average molecular weight is 465 g/mol. The molecule has 0 aliphatic heterocycles. The fraction of sp³-hybridized carbons (Fsp3) is 0.880. The van der Waals surface area contributed by atoms with E-state index >= 15 is 0 Å². The molecule has 0 radical (unpaired) electrons. The maximum atomic E-state index is 13.4. The van der Waals surface area contributed by atoms with Gasteiger partial charge in [-0.3, -0.25) is 4.79 Å². The zero-order valence-corrected chi connectivity index (χ0v) is 20.6. The molecule has 188 valence electrons. The summed E-state index contributed by atoms with van der Waals surface area (Å²) in [6.45, 7) is 7.40. The first-order valence-corrected chi connectivity index (χ1v) is 12.9. The van der Waals surface area contributed by atoms with E-state index in [1.807, 2.05) is 0 Å². The van der Waals surface area contributed by atoms with Crippen molar-refractivity contribution in [3.63, 3.8) is 0 Å². The van der Waals surface area contributed by atoms with Crippen LogP contribution in [0.5, 0.6) is 0 Å². The van der Waals surface area contributed by atoms with Crippen LogP contribution in [0.4, 0.5) is 4.79 Å². The summed E-state index contributed by atoms with van der Waals surface area (Å²) in [6, 6.07) is -2.13. The van der Waals surface area contributed by atoms with Gasteiger partial charge in [0.05, 0.1) is 0 Å². The lowest BCUT2D eigenvalue weighted by Gasteiger charge is -2.40. The molecule has 0 aromatic heterocycles. The predicted octanol–water partition coefficient (Wildman–Crippen LogP) is 3.15. The van der Waals surface area contributed by atoms with Crippen LogP contribution in [0.1, 0.15) is 91.4 Å². The SMILES string of the molecule is CC1(C)[C@@H]2CC[C@@]1(C)[C@@H](NC(=O)C(CC1CCCC1)NC(=O)N[C@@H](CCCCN)C(=O)O)C2. The second-order valence-corrected chi connectivity index (χ2v) is 11.4. The van der Waals surface area contributed by atoms with Crippen molar-refractivity contribution in [3.05, 3.63) is 0 Å². The largest absolute Gasteiger partial charge is 0.480 e. The summed E-state index contributed by atoms with van der Waals surface area (Å²) in [4.78, 5) is 37.7. The number of unbranched alkanes of at least 4 members (excludes halogenated alkanes) is 1. The summed E-state index contributed by atoms with van der Waals surface area (Å²) in [7, 11) is 0. The number of rotatable bonds is 11. The van der Waals surface area contributed by atoms with Crippen LogP contribution >= 0.6 is 0 Å². The molecular formula is C25H44N4O4. The van der Waals surface area contributed by atoms with E-state index in [0.717, 1.165) is 38.5 Å². The van der Waals surface area contributed by atoms with Crippen molar-refractivity contribution in [2.75, 3.05) is 6.54 Å². The second kappa shape index (κ2) is 10.6. The molecule has 3 rings (SSSR count). The fourth-order valence-electron chi connectivity index (χ4n) is 6.61. The van der Waals surface area contributed by atoms with Crippen LogP contribution in [0, 0.1) is 22.7 Å². The maximum absolute atomic E-state index is 13.4. The van der Waals surface area contributed by atoms with Gasteiger partial charge in [0.15, 0.2) is 0 Å². The van der Waals surface area contributed by atoms with Gasteiger partial charge in [0.2, 0.25) is 5.91 Å². The lowest BCUT2D eigenvalue weighted by molar-refractivity contribution is -0.139. The van der Waals surface area contributed by atoms with Gasteiger partial charge in [-0.15, -0.1) is 0 Å². The van der Waals surface area contributed by atoms with E-state index in [-0.39, 0.29) is 22.8 Å². The summed E-state index contributed by atoms with van der Waals surface area (Å²) in [5, 5.41) is 18.1. The van der Waals surface area contributed by atoms with Crippen LogP contribution in [0.25, 0.3) is 0 Å². The van der Waals surface area contributed by atoms with Gasteiger partial charge < -0.3 is 26.8 Å². The molecule has 5 atom stereocenters. The molecule has 8 nitrogen and oxygen atoms in total. The van der Waals surface area contributed by atoms with Gasteiger partial charge in [-0.1, -0.05) is 46.5 Å². The van der Waals surface area contributed by atoms with Gasteiger partial charge in [-0.05, 0) is 74.2 Å². The standard InChI is InChI=1S/C25H44N4O4/c1-24(2)17-11-12-25(24,3)20(15-17)29-21(30)19(14-16-8-4-5-9-16)28-23(33)27-18(22(31)32)10-6-7-13-26/h16-20H,4-15,26H2,1-3H3,(H,29,30)(H,31,32)(H2,27,28,33)/t17-,18+,19?,20+,25+/m1/s1. The molecule has 3 aliphatic carbocycles. The van der Waals surface area contributed by atoms with Gasteiger partial charge in [-0.25, -0.2) is 9.59 Å². The van der Waals surface area contributed by atoms with Gasteiger partial charge in [0.25, 0.3) is 0 Å². The van der Waals surface area contributed by atoms with Crippen LogP contribution in [-0.2, 0) is 9.59 Å². The molecule has 8 heteroatoms. The van der Waals surface area contributed by atoms with Crippen LogP contribution in [0.2, 0.25) is 0 Å². The third kappa shape index (κ3) is 5.64.